The molecule has 1 aromatic heterocycles. The lowest BCUT2D eigenvalue weighted by Crippen LogP contribution is -2.28. The summed E-state index contributed by atoms with van der Waals surface area (Å²) in [5.41, 5.74) is 1.43. The topological polar surface area (TPSA) is 59.4 Å². The Hall–Kier alpha value is -1.39. The number of hydrogen-bond acceptors (Lipinski definition) is 3. The Labute approximate surface area is 97.5 Å². The van der Waals surface area contributed by atoms with Crippen LogP contribution in [0.15, 0.2) is 24.4 Å². The van der Waals surface area contributed by atoms with Crippen LogP contribution in [0.1, 0.15) is 17.7 Å². The maximum atomic E-state index is 10.5. The quantitative estimate of drug-likeness (QED) is 0.820. The van der Waals surface area contributed by atoms with Gasteiger partial charge in [0.25, 0.3) is 0 Å². The van der Waals surface area contributed by atoms with E-state index >= 15 is 0 Å². The Balaban J connectivity index is 2.29. The summed E-state index contributed by atoms with van der Waals surface area (Å²) in [5.74, 6) is -1.04. The average Bonchev–Trinajstić information content (AvgIpc) is 2.27. The molecular weight excluding hydrogens is 230 g/mol. The fourth-order valence-corrected chi connectivity index (χ4v) is 1.91. The van der Waals surface area contributed by atoms with Gasteiger partial charge in [-0.3, -0.25) is 4.98 Å². The normalized spacial score (nSPS) is 22.8. The van der Waals surface area contributed by atoms with E-state index in [1.807, 2.05) is 12.2 Å². The highest BCUT2D eigenvalue weighted by atomic mass is 35.5. The molecule has 1 N–H and O–H groups in total. The van der Waals surface area contributed by atoms with Crippen molar-refractivity contribution < 1.29 is 14.6 Å². The Morgan fingerprint density at radius 3 is 3.25 bits per heavy atom. The summed E-state index contributed by atoms with van der Waals surface area (Å²) < 4.78 is 5.23. The number of nitrogens with zero attached hydrogens (tertiary/aromatic N) is 1. The lowest BCUT2D eigenvalue weighted by Gasteiger charge is -2.29. The number of hydrogen-bond donors (Lipinski definition) is 1. The highest BCUT2D eigenvalue weighted by Crippen LogP contribution is 2.39. The summed E-state index contributed by atoms with van der Waals surface area (Å²) in [5, 5.41) is 7.47. The molecular formula is C11H10ClNO3. The van der Waals surface area contributed by atoms with Gasteiger partial charge in [0.05, 0.1) is 5.69 Å². The van der Waals surface area contributed by atoms with Crippen molar-refractivity contribution >= 4 is 23.6 Å². The molecule has 0 fully saturated rings. The van der Waals surface area contributed by atoms with Crippen LogP contribution in [-0.4, -0.2) is 22.7 Å². The third-order valence-electron chi connectivity index (χ3n) is 2.32. The number of alkyl halides is 1. The zero-order valence-electron chi connectivity index (χ0n) is 8.39. The summed E-state index contributed by atoms with van der Waals surface area (Å²) in [7, 11) is 0. The summed E-state index contributed by atoms with van der Waals surface area (Å²) in [6.07, 6.45) is 5.76. The van der Waals surface area contributed by atoms with Crippen LogP contribution in [0.3, 0.4) is 0 Å². The number of ether oxygens (including phenoxy) is 1. The van der Waals surface area contributed by atoms with E-state index in [0.717, 1.165) is 0 Å². The molecule has 16 heavy (non-hydrogen) atoms. The summed E-state index contributed by atoms with van der Waals surface area (Å²) in [6.45, 7) is -0.425. The standard InChI is InChI=1S/C11H10ClNO3/c12-11(16-7-10(14)15)5-1-4-9-8(11)3-2-6-13-9/h1-4,6H,5,7H2,(H,14,15). The van der Waals surface area contributed by atoms with E-state index in [1.165, 1.54) is 0 Å². The van der Waals surface area contributed by atoms with Crippen LogP contribution in [0.5, 0.6) is 0 Å². The van der Waals surface area contributed by atoms with E-state index in [0.29, 0.717) is 17.7 Å². The monoisotopic (exact) mass is 239 g/mol. The third kappa shape index (κ3) is 2.08. The molecule has 0 radical (unpaired) electrons. The molecule has 0 aliphatic heterocycles. The van der Waals surface area contributed by atoms with E-state index in [-0.39, 0.29) is 0 Å². The highest BCUT2D eigenvalue weighted by Gasteiger charge is 2.34. The first kappa shape index (κ1) is 11.1. The largest absolute Gasteiger partial charge is 0.480 e. The molecule has 4 nitrogen and oxygen atoms in total. The minimum atomic E-state index is -1.11. The van der Waals surface area contributed by atoms with Crippen molar-refractivity contribution in [1.82, 2.24) is 4.98 Å². The lowest BCUT2D eigenvalue weighted by atomic mass is 9.98. The van der Waals surface area contributed by atoms with Gasteiger partial charge in [0, 0.05) is 18.2 Å². The number of aromatic nitrogens is 1. The predicted molar refractivity (Wildman–Crippen MR) is 59.0 cm³/mol. The Kier molecular flexibility index (Phi) is 2.94. The molecule has 1 heterocycles. The number of carbonyl (C=O) groups is 1. The molecule has 1 aliphatic carbocycles. The van der Waals surface area contributed by atoms with E-state index in [1.54, 1.807) is 18.3 Å². The van der Waals surface area contributed by atoms with Gasteiger partial charge in [-0.05, 0) is 12.1 Å². The van der Waals surface area contributed by atoms with Gasteiger partial charge in [0.1, 0.15) is 6.61 Å². The Morgan fingerprint density at radius 2 is 2.50 bits per heavy atom. The molecule has 0 saturated heterocycles. The van der Waals surface area contributed by atoms with Gasteiger partial charge in [-0.15, -0.1) is 0 Å². The van der Waals surface area contributed by atoms with Crippen LogP contribution in [0.4, 0.5) is 0 Å². The molecule has 84 valence electrons. The SMILES string of the molecule is O=C(O)COC1(Cl)CC=Cc2ncccc21. The lowest BCUT2D eigenvalue weighted by molar-refractivity contribution is -0.146. The zero-order chi connectivity index (χ0) is 11.6. The van der Waals surface area contributed by atoms with E-state index < -0.39 is 17.6 Å². The second kappa shape index (κ2) is 4.23. The van der Waals surface area contributed by atoms with Crippen LogP contribution in [-0.2, 0) is 14.6 Å². The Morgan fingerprint density at radius 1 is 1.69 bits per heavy atom. The van der Waals surface area contributed by atoms with Gasteiger partial charge < -0.3 is 9.84 Å². The fraction of sp³-hybridized carbons (Fsp3) is 0.273. The Bertz CT molecular complexity index is 447. The molecule has 0 bridgehead atoms. The molecule has 1 unspecified atom stereocenters. The number of rotatable bonds is 3. The molecule has 5 heteroatoms. The van der Waals surface area contributed by atoms with Gasteiger partial charge in [-0.25, -0.2) is 4.79 Å². The second-order valence-corrected chi connectivity index (χ2v) is 4.06. The fourth-order valence-electron chi connectivity index (χ4n) is 1.61. The molecule has 0 aromatic carbocycles. The van der Waals surface area contributed by atoms with Crippen molar-refractivity contribution in [2.24, 2.45) is 0 Å². The number of carboxylic acid groups (broad SMARTS) is 1. The maximum absolute atomic E-state index is 10.5. The molecule has 0 saturated carbocycles. The predicted octanol–water partition coefficient (Wildman–Crippen LogP) is 1.99. The van der Waals surface area contributed by atoms with Crippen molar-refractivity contribution in [3.63, 3.8) is 0 Å². The van der Waals surface area contributed by atoms with Crippen LogP contribution in [0, 0.1) is 0 Å². The van der Waals surface area contributed by atoms with Crippen LogP contribution >= 0.6 is 11.6 Å². The number of pyridine rings is 1. The average molecular weight is 240 g/mol. The zero-order valence-corrected chi connectivity index (χ0v) is 9.15. The van der Waals surface area contributed by atoms with Crippen molar-refractivity contribution in [1.29, 1.82) is 0 Å². The molecule has 1 aromatic rings. The smallest absolute Gasteiger partial charge is 0.329 e. The summed E-state index contributed by atoms with van der Waals surface area (Å²) >= 11 is 6.27. The molecule has 1 aliphatic rings. The van der Waals surface area contributed by atoms with Crippen LogP contribution in [0.25, 0.3) is 6.08 Å². The molecule has 2 rings (SSSR count). The van der Waals surface area contributed by atoms with Crippen molar-refractivity contribution in [3.8, 4) is 0 Å². The van der Waals surface area contributed by atoms with Gasteiger partial charge in [0.2, 0.25) is 0 Å². The summed E-state index contributed by atoms with van der Waals surface area (Å²) in [4.78, 5) is 14.6. The molecule has 1 atom stereocenters. The maximum Gasteiger partial charge on any atom is 0.329 e. The second-order valence-electron chi connectivity index (χ2n) is 3.45. The van der Waals surface area contributed by atoms with E-state index in [9.17, 15) is 4.79 Å². The minimum absolute atomic E-state index is 0.425. The van der Waals surface area contributed by atoms with Gasteiger partial charge in [-0.2, -0.15) is 0 Å². The number of aliphatic carboxylic acids is 1. The van der Waals surface area contributed by atoms with Crippen molar-refractivity contribution in [2.75, 3.05) is 6.61 Å². The van der Waals surface area contributed by atoms with E-state index in [2.05, 4.69) is 4.98 Å². The molecule has 0 spiro atoms. The first-order chi connectivity index (χ1) is 7.62. The van der Waals surface area contributed by atoms with Crippen molar-refractivity contribution in [3.05, 3.63) is 35.7 Å². The minimum Gasteiger partial charge on any atom is -0.480 e. The van der Waals surface area contributed by atoms with E-state index in [4.69, 9.17) is 21.4 Å². The number of carboxylic acids is 1. The number of halogens is 1. The van der Waals surface area contributed by atoms with Crippen molar-refractivity contribution in [2.45, 2.75) is 11.5 Å². The molecule has 0 amide bonds. The summed E-state index contributed by atoms with van der Waals surface area (Å²) in [6, 6.07) is 3.54. The first-order valence-corrected chi connectivity index (χ1v) is 5.16. The first-order valence-electron chi connectivity index (χ1n) is 4.78. The van der Waals surface area contributed by atoms with Crippen LogP contribution < -0.4 is 0 Å². The van der Waals surface area contributed by atoms with Crippen LogP contribution in [0.2, 0.25) is 0 Å². The van der Waals surface area contributed by atoms with Gasteiger partial charge in [-0.1, -0.05) is 23.7 Å². The third-order valence-corrected chi connectivity index (χ3v) is 2.79. The number of fused-ring (bicyclic) bond motifs is 1. The van der Waals surface area contributed by atoms with Gasteiger partial charge >= 0.3 is 5.97 Å². The van der Waals surface area contributed by atoms with Gasteiger partial charge in [0.15, 0.2) is 5.06 Å². The highest BCUT2D eigenvalue weighted by molar-refractivity contribution is 6.23.